The molecule has 0 aliphatic carbocycles. The SMILES string of the molecule is c1ccc(N(c2ccc3c(c2)c2ccccc2n3-c2ccccc2)n2c3ccccc3c3ccc4c5ccc6ccccc6c5ccc4c32)cc1. The van der Waals surface area contributed by atoms with Crippen LogP contribution in [0.5, 0.6) is 0 Å². The number of benzene rings is 9. The Kier molecular flexibility index (Phi) is 5.96. The molecule has 0 N–H and O–H groups in total. The maximum Gasteiger partial charge on any atom is 0.0794 e. The minimum absolute atomic E-state index is 1.09. The van der Waals surface area contributed by atoms with Crippen LogP contribution in [0.4, 0.5) is 11.4 Å². The molecular formula is C48H31N3. The largest absolute Gasteiger partial charge is 0.309 e. The lowest BCUT2D eigenvalue weighted by molar-refractivity contribution is 0.890. The lowest BCUT2D eigenvalue weighted by atomic mass is 9.96. The molecule has 0 aliphatic rings. The minimum atomic E-state index is 1.09. The molecule has 238 valence electrons. The smallest absolute Gasteiger partial charge is 0.0794 e. The third-order valence-electron chi connectivity index (χ3n) is 10.6. The molecule has 0 bridgehead atoms. The van der Waals surface area contributed by atoms with Gasteiger partial charge in [0.1, 0.15) is 0 Å². The zero-order valence-corrected chi connectivity index (χ0v) is 27.7. The van der Waals surface area contributed by atoms with Gasteiger partial charge in [-0.2, -0.15) is 0 Å². The van der Waals surface area contributed by atoms with Gasteiger partial charge in [0, 0.05) is 32.6 Å². The summed E-state index contributed by atoms with van der Waals surface area (Å²) in [5.41, 5.74) is 8.08. The van der Waals surface area contributed by atoms with Gasteiger partial charge < -0.3 is 4.57 Å². The van der Waals surface area contributed by atoms with Crippen molar-refractivity contribution in [1.29, 1.82) is 0 Å². The quantitative estimate of drug-likeness (QED) is 0.173. The first kappa shape index (κ1) is 28.0. The Balaban J connectivity index is 1.25. The lowest BCUT2D eigenvalue weighted by Gasteiger charge is -2.29. The van der Waals surface area contributed by atoms with E-state index in [2.05, 4.69) is 202 Å². The fraction of sp³-hybridized carbons (Fsp3) is 0. The Hall–Kier alpha value is -6.84. The van der Waals surface area contributed by atoms with E-state index in [0.717, 1.165) is 22.6 Å². The van der Waals surface area contributed by atoms with Gasteiger partial charge in [-0.25, -0.2) is 9.69 Å². The Morgan fingerprint density at radius 2 is 0.843 bits per heavy atom. The van der Waals surface area contributed by atoms with Crippen LogP contribution in [-0.2, 0) is 0 Å². The number of fused-ring (bicyclic) bond motifs is 12. The summed E-state index contributed by atoms with van der Waals surface area (Å²) in [6.07, 6.45) is 0. The second-order valence-corrected chi connectivity index (χ2v) is 13.4. The summed E-state index contributed by atoms with van der Waals surface area (Å²) in [5.74, 6) is 0. The molecule has 51 heavy (non-hydrogen) atoms. The van der Waals surface area contributed by atoms with E-state index in [9.17, 15) is 0 Å². The van der Waals surface area contributed by atoms with Crippen molar-refractivity contribution >= 4 is 87.3 Å². The van der Waals surface area contributed by atoms with Crippen molar-refractivity contribution in [2.45, 2.75) is 0 Å². The maximum atomic E-state index is 2.45. The summed E-state index contributed by atoms with van der Waals surface area (Å²) in [7, 11) is 0. The van der Waals surface area contributed by atoms with E-state index in [1.54, 1.807) is 0 Å². The number of rotatable bonds is 4. The molecular weight excluding hydrogens is 619 g/mol. The molecule has 0 saturated carbocycles. The first-order valence-electron chi connectivity index (χ1n) is 17.5. The summed E-state index contributed by atoms with van der Waals surface area (Å²) in [6, 6.07) is 68.5. The number of hydrogen-bond acceptors (Lipinski definition) is 1. The van der Waals surface area contributed by atoms with Gasteiger partial charge in [0.15, 0.2) is 0 Å². The molecule has 11 aromatic rings. The van der Waals surface area contributed by atoms with Crippen LogP contribution in [0.25, 0.3) is 81.6 Å². The predicted octanol–water partition coefficient (Wildman–Crippen LogP) is 13.0. The number of hydrogen-bond donors (Lipinski definition) is 0. The standard InChI is InChI=1S/C48H31N3/c1-3-14-33(15-4-1)49-45-21-11-9-20-41(45)44-31-35(24-30-46(44)49)50(34-16-5-2-6-17-34)51-47-22-12-10-19-40(47)43-29-27-39-38-25-23-32-13-7-8-18-36(32)37(38)26-28-42(39)48(43)51/h1-31H. The van der Waals surface area contributed by atoms with Crippen LogP contribution in [0.2, 0.25) is 0 Å². The van der Waals surface area contributed by atoms with Crippen molar-refractivity contribution in [3.05, 3.63) is 188 Å². The normalized spacial score (nSPS) is 11.9. The molecule has 3 nitrogen and oxygen atoms in total. The average Bonchev–Trinajstić information content (AvgIpc) is 3.71. The predicted molar refractivity (Wildman–Crippen MR) is 217 cm³/mol. The highest BCUT2D eigenvalue weighted by Crippen LogP contribution is 2.43. The zero-order chi connectivity index (χ0) is 33.5. The molecule has 0 spiro atoms. The van der Waals surface area contributed by atoms with Crippen LogP contribution in [0.3, 0.4) is 0 Å². The van der Waals surface area contributed by atoms with Crippen LogP contribution in [0.15, 0.2) is 188 Å². The van der Waals surface area contributed by atoms with Gasteiger partial charge in [-0.05, 0) is 81.5 Å². The Morgan fingerprint density at radius 3 is 1.63 bits per heavy atom. The van der Waals surface area contributed by atoms with Crippen LogP contribution >= 0.6 is 0 Å². The topological polar surface area (TPSA) is 13.1 Å². The molecule has 2 heterocycles. The van der Waals surface area contributed by atoms with Gasteiger partial charge in [0.25, 0.3) is 0 Å². The molecule has 0 unspecified atom stereocenters. The zero-order valence-electron chi connectivity index (χ0n) is 27.7. The lowest BCUT2D eigenvalue weighted by Crippen LogP contribution is -2.24. The van der Waals surface area contributed by atoms with Gasteiger partial charge in [0.2, 0.25) is 0 Å². The second-order valence-electron chi connectivity index (χ2n) is 13.4. The highest BCUT2D eigenvalue weighted by Gasteiger charge is 2.23. The van der Waals surface area contributed by atoms with E-state index in [1.807, 2.05) is 0 Å². The van der Waals surface area contributed by atoms with Gasteiger partial charge in [-0.3, -0.25) is 0 Å². The number of nitrogens with zero attached hydrogens (tertiary/aromatic N) is 3. The highest BCUT2D eigenvalue weighted by molar-refractivity contribution is 6.25. The van der Waals surface area contributed by atoms with Crippen molar-refractivity contribution < 1.29 is 0 Å². The number of para-hydroxylation sites is 4. The van der Waals surface area contributed by atoms with Crippen LogP contribution < -0.4 is 5.01 Å². The van der Waals surface area contributed by atoms with E-state index in [1.165, 1.54) is 70.4 Å². The first-order valence-corrected chi connectivity index (χ1v) is 17.5. The average molecular weight is 650 g/mol. The van der Waals surface area contributed by atoms with Gasteiger partial charge in [-0.15, -0.1) is 0 Å². The molecule has 3 heteroatoms. The third-order valence-corrected chi connectivity index (χ3v) is 10.6. The number of anilines is 2. The van der Waals surface area contributed by atoms with Crippen molar-refractivity contribution in [2.75, 3.05) is 5.01 Å². The van der Waals surface area contributed by atoms with Crippen molar-refractivity contribution in [3.63, 3.8) is 0 Å². The van der Waals surface area contributed by atoms with E-state index < -0.39 is 0 Å². The van der Waals surface area contributed by atoms with E-state index >= 15 is 0 Å². The molecule has 9 aromatic carbocycles. The first-order chi connectivity index (χ1) is 25.3. The van der Waals surface area contributed by atoms with Gasteiger partial charge in [-0.1, -0.05) is 133 Å². The Morgan fingerprint density at radius 1 is 0.314 bits per heavy atom. The van der Waals surface area contributed by atoms with Crippen molar-refractivity contribution in [3.8, 4) is 5.69 Å². The third kappa shape index (κ3) is 4.06. The molecule has 11 rings (SSSR count). The van der Waals surface area contributed by atoms with E-state index in [-0.39, 0.29) is 0 Å². The fourth-order valence-corrected chi connectivity index (χ4v) is 8.45. The van der Waals surface area contributed by atoms with Gasteiger partial charge in [0.05, 0.1) is 33.4 Å². The summed E-state index contributed by atoms with van der Waals surface area (Å²) in [5, 5.41) is 14.9. The summed E-state index contributed by atoms with van der Waals surface area (Å²) in [4.78, 5) is 0. The Bertz CT molecular complexity index is 3130. The van der Waals surface area contributed by atoms with Crippen LogP contribution in [0, 0.1) is 0 Å². The minimum Gasteiger partial charge on any atom is -0.309 e. The molecule has 0 amide bonds. The molecule has 0 aliphatic heterocycles. The summed E-state index contributed by atoms with van der Waals surface area (Å²) < 4.78 is 4.83. The molecule has 2 aromatic heterocycles. The maximum absolute atomic E-state index is 2.45. The number of aromatic nitrogens is 2. The summed E-state index contributed by atoms with van der Waals surface area (Å²) >= 11 is 0. The molecule has 0 fully saturated rings. The molecule has 0 radical (unpaired) electrons. The van der Waals surface area contributed by atoms with Crippen LogP contribution in [-0.4, -0.2) is 9.24 Å². The van der Waals surface area contributed by atoms with Crippen molar-refractivity contribution in [1.82, 2.24) is 9.24 Å². The van der Waals surface area contributed by atoms with E-state index in [0.29, 0.717) is 0 Å². The molecule has 0 atom stereocenters. The fourth-order valence-electron chi connectivity index (χ4n) is 8.45. The van der Waals surface area contributed by atoms with E-state index in [4.69, 9.17) is 0 Å². The van der Waals surface area contributed by atoms with Crippen molar-refractivity contribution in [2.24, 2.45) is 0 Å². The monoisotopic (exact) mass is 649 g/mol. The van der Waals surface area contributed by atoms with Gasteiger partial charge >= 0.3 is 0 Å². The van der Waals surface area contributed by atoms with Crippen LogP contribution in [0.1, 0.15) is 0 Å². The molecule has 0 saturated heterocycles. The second kappa shape index (κ2) is 10.8. The Labute approximate surface area is 294 Å². The summed E-state index contributed by atoms with van der Waals surface area (Å²) in [6.45, 7) is 0. The highest BCUT2D eigenvalue weighted by atomic mass is 15.6.